The normalized spacial score (nSPS) is 13.3. The Morgan fingerprint density at radius 1 is 1.11 bits per heavy atom. The van der Waals surface area contributed by atoms with Gasteiger partial charge in [-0.05, 0) is 17.5 Å². The predicted octanol–water partition coefficient (Wildman–Crippen LogP) is 3.10. The van der Waals surface area contributed by atoms with Gasteiger partial charge in [0.1, 0.15) is 11.5 Å². The van der Waals surface area contributed by atoms with Crippen LogP contribution in [0.25, 0.3) is 0 Å². The van der Waals surface area contributed by atoms with Gasteiger partial charge in [0.25, 0.3) is 0 Å². The second-order valence-corrected chi connectivity index (χ2v) is 5.63. The van der Waals surface area contributed by atoms with E-state index >= 15 is 0 Å². The number of hydrogen-bond donors (Lipinski definition) is 1. The van der Waals surface area contributed by atoms with Crippen molar-refractivity contribution >= 4 is 0 Å². The van der Waals surface area contributed by atoms with Crippen molar-refractivity contribution < 1.29 is 14.6 Å². The van der Waals surface area contributed by atoms with Gasteiger partial charge in [-0.2, -0.15) is 0 Å². The molecule has 0 spiro atoms. The van der Waals surface area contributed by atoms with Gasteiger partial charge in [0.15, 0.2) is 0 Å². The van der Waals surface area contributed by atoms with Crippen molar-refractivity contribution in [3.8, 4) is 11.5 Å². The lowest BCUT2D eigenvalue weighted by molar-refractivity contribution is 0.269. The van der Waals surface area contributed by atoms with E-state index in [0.717, 1.165) is 22.6 Å². The van der Waals surface area contributed by atoms with Crippen molar-refractivity contribution in [2.45, 2.75) is 39.0 Å². The Kier molecular flexibility index (Phi) is 4.63. The van der Waals surface area contributed by atoms with E-state index in [-0.39, 0.29) is 17.9 Å². The third-order valence-corrected chi connectivity index (χ3v) is 3.16. The van der Waals surface area contributed by atoms with Gasteiger partial charge >= 0.3 is 0 Å². The maximum atomic E-state index is 9.30. The fraction of sp³-hybridized carbons (Fsp3) is 0.600. The van der Waals surface area contributed by atoms with Crippen LogP contribution in [0.4, 0.5) is 0 Å². The summed E-state index contributed by atoms with van der Waals surface area (Å²) in [5.74, 6) is 1.68. The highest BCUT2D eigenvalue weighted by Crippen LogP contribution is 2.39. The van der Waals surface area contributed by atoms with E-state index in [4.69, 9.17) is 9.47 Å². The molecular weight excluding hydrogens is 228 g/mol. The predicted molar refractivity (Wildman–Crippen MR) is 73.7 cm³/mol. The third-order valence-electron chi connectivity index (χ3n) is 3.16. The molecule has 102 valence electrons. The Bertz CT molecular complexity index is 405. The lowest BCUT2D eigenvalue weighted by Gasteiger charge is -2.25. The summed E-state index contributed by atoms with van der Waals surface area (Å²) in [6, 6.07) is 3.99. The van der Waals surface area contributed by atoms with Gasteiger partial charge in [-0.25, -0.2) is 0 Å². The smallest absolute Gasteiger partial charge is 0.123 e. The highest BCUT2D eigenvalue weighted by atomic mass is 16.5. The Balaban J connectivity index is 3.42. The molecule has 1 atom stereocenters. The Hall–Kier alpha value is -1.22. The van der Waals surface area contributed by atoms with E-state index in [1.165, 1.54) is 0 Å². The monoisotopic (exact) mass is 252 g/mol. The molecule has 0 aromatic heterocycles. The number of ether oxygens (including phenoxy) is 2. The van der Waals surface area contributed by atoms with E-state index in [9.17, 15) is 5.11 Å². The minimum absolute atomic E-state index is 0.0143. The van der Waals surface area contributed by atoms with Crippen molar-refractivity contribution in [1.29, 1.82) is 0 Å². The van der Waals surface area contributed by atoms with E-state index in [2.05, 4.69) is 20.8 Å². The standard InChI is InChI=1S/C15H24O3/c1-10(9-16)11-7-14(18-6)12(15(2,3)4)8-13(11)17-5/h7-8,10,16H,9H2,1-6H3. The SMILES string of the molecule is COc1cc(C(C)(C)C)c(OC)cc1C(C)CO. The minimum Gasteiger partial charge on any atom is -0.496 e. The maximum absolute atomic E-state index is 9.30. The maximum Gasteiger partial charge on any atom is 0.123 e. The zero-order chi connectivity index (χ0) is 13.9. The minimum atomic E-state index is -0.0143. The first-order chi connectivity index (χ1) is 8.35. The molecule has 3 nitrogen and oxygen atoms in total. The lowest BCUT2D eigenvalue weighted by Crippen LogP contribution is -2.14. The first-order valence-electron chi connectivity index (χ1n) is 6.22. The van der Waals surface area contributed by atoms with E-state index < -0.39 is 0 Å². The molecule has 0 saturated carbocycles. The third kappa shape index (κ3) is 2.96. The number of methoxy groups -OCH3 is 2. The van der Waals surface area contributed by atoms with Gasteiger partial charge < -0.3 is 14.6 Å². The Morgan fingerprint density at radius 3 is 2.06 bits per heavy atom. The number of aliphatic hydroxyl groups excluding tert-OH is 1. The van der Waals surface area contributed by atoms with Crippen molar-refractivity contribution in [2.24, 2.45) is 0 Å². The summed E-state index contributed by atoms with van der Waals surface area (Å²) < 4.78 is 10.9. The van der Waals surface area contributed by atoms with Crippen LogP contribution in [0.2, 0.25) is 0 Å². The van der Waals surface area contributed by atoms with Crippen LogP contribution >= 0.6 is 0 Å². The molecule has 0 saturated heterocycles. The summed E-state index contributed by atoms with van der Waals surface area (Å²) in [7, 11) is 3.33. The average molecular weight is 252 g/mol. The van der Waals surface area contributed by atoms with Crippen LogP contribution in [0.5, 0.6) is 11.5 Å². The quantitative estimate of drug-likeness (QED) is 0.895. The molecule has 1 unspecified atom stereocenters. The molecule has 0 aliphatic heterocycles. The van der Waals surface area contributed by atoms with Crippen LogP contribution < -0.4 is 9.47 Å². The van der Waals surface area contributed by atoms with Crippen LogP contribution in [0, 0.1) is 0 Å². The topological polar surface area (TPSA) is 38.7 Å². The van der Waals surface area contributed by atoms with Gasteiger partial charge in [-0.3, -0.25) is 0 Å². The Labute approximate surface area is 110 Å². The van der Waals surface area contributed by atoms with Crippen molar-refractivity contribution in [3.63, 3.8) is 0 Å². The molecule has 0 aliphatic carbocycles. The summed E-state index contributed by atoms with van der Waals surface area (Å²) in [5, 5.41) is 9.30. The molecule has 18 heavy (non-hydrogen) atoms. The van der Waals surface area contributed by atoms with Crippen LogP contribution in [-0.2, 0) is 5.41 Å². The van der Waals surface area contributed by atoms with Crippen LogP contribution in [-0.4, -0.2) is 25.9 Å². The fourth-order valence-electron chi connectivity index (χ4n) is 1.99. The second kappa shape index (κ2) is 5.61. The molecular formula is C15H24O3. The zero-order valence-corrected chi connectivity index (χ0v) is 12.2. The van der Waals surface area contributed by atoms with Gasteiger partial charge in [-0.15, -0.1) is 0 Å². The van der Waals surface area contributed by atoms with Gasteiger partial charge in [-0.1, -0.05) is 27.7 Å². The summed E-state index contributed by atoms with van der Waals surface area (Å²) in [6.45, 7) is 8.47. The summed E-state index contributed by atoms with van der Waals surface area (Å²) >= 11 is 0. The number of rotatable bonds is 4. The second-order valence-electron chi connectivity index (χ2n) is 5.63. The lowest BCUT2D eigenvalue weighted by atomic mass is 9.84. The molecule has 0 aliphatic rings. The zero-order valence-electron chi connectivity index (χ0n) is 12.2. The fourth-order valence-corrected chi connectivity index (χ4v) is 1.99. The van der Waals surface area contributed by atoms with E-state index in [1.807, 2.05) is 19.1 Å². The molecule has 0 amide bonds. The van der Waals surface area contributed by atoms with Gasteiger partial charge in [0.2, 0.25) is 0 Å². The highest BCUT2D eigenvalue weighted by molar-refractivity contribution is 5.50. The first-order valence-corrected chi connectivity index (χ1v) is 6.22. The van der Waals surface area contributed by atoms with Gasteiger partial charge in [0.05, 0.1) is 14.2 Å². The van der Waals surface area contributed by atoms with Gasteiger partial charge in [0, 0.05) is 23.7 Å². The molecule has 0 heterocycles. The van der Waals surface area contributed by atoms with Crippen LogP contribution in [0.15, 0.2) is 12.1 Å². The number of aliphatic hydroxyl groups is 1. The number of hydrogen-bond acceptors (Lipinski definition) is 3. The van der Waals surface area contributed by atoms with Crippen LogP contribution in [0.1, 0.15) is 44.7 Å². The average Bonchev–Trinajstić information content (AvgIpc) is 2.34. The molecule has 0 bridgehead atoms. The van der Waals surface area contributed by atoms with Crippen molar-refractivity contribution in [1.82, 2.24) is 0 Å². The molecule has 0 radical (unpaired) electrons. The molecule has 0 fully saturated rings. The number of benzene rings is 1. The van der Waals surface area contributed by atoms with Crippen molar-refractivity contribution in [2.75, 3.05) is 20.8 Å². The summed E-state index contributed by atoms with van der Waals surface area (Å²) in [5.41, 5.74) is 2.07. The Morgan fingerprint density at radius 2 is 1.67 bits per heavy atom. The summed E-state index contributed by atoms with van der Waals surface area (Å²) in [6.07, 6.45) is 0. The van der Waals surface area contributed by atoms with E-state index in [0.29, 0.717) is 0 Å². The van der Waals surface area contributed by atoms with E-state index in [1.54, 1.807) is 14.2 Å². The van der Waals surface area contributed by atoms with Crippen LogP contribution in [0.3, 0.4) is 0 Å². The molecule has 1 aromatic carbocycles. The molecule has 1 rings (SSSR count). The van der Waals surface area contributed by atoms with Crippen molar-refractivity contribution in [3.05, 3.63) is 23.3 Å². The first kappa shape index (κ1) is 14.8. The largest absolute Gasteiger partial charge is 0.496 e. The highest BCUT2D eigenvalue weighted by Gasteiger charge is 2.23. The molecule has 1 N–H and O–H groups in total. The molecule has 1 aromatic rings. The summed E-state index contributed by atoms with van der Waals surface area (Å²) in [4.78, 5) is 0. The molecule has 3 heteroatoms.